The second-order valence-corrected chi connectivity index (χ2v) is 10.5. The van der Waals surface area contributed by atoms with Gasteiger partial charge in [0.05, 0.1) is 10.4 Å². The number of ether oxygens (including phenoxy) is 1. The van der Waals surface area contributed by atoms with Gasteiger partial charge in [-0.3, -0.25) is 4.79 Å². The molecule has 1 aliphatic heterocycles. The van der Waals surface area contributed by atoms with Crippen molar-refractivity contribution >= 4 is 43.2 Å². The first-order valence-corrected chi connectivity index (χ1v) is 10.9. The minimum absolute atomic E-state index is 0.00976. The van der Waals surface area contributed by atoms with Gasteiger partial charge < -0.3 is 10.1 Å². The number of hydrogen-bond donors (Lipinski definition) is 1. The molecule has 0 unspecified atom stereocenters. The van der Waals surface area contributed by atoms with Gasteiger partial charge in [0.15, 0.2) is 0 Å². The van der Waals surface area contributed by atoms with Crippen LogP contribution in [0.15, 0.2) is 20.1 Å². The number of thiophene rings is 1. The van der Waals surface area contributed by atoms with Gasteiger partial charge >= 0.3 is 0 Å². The summed E-state index contributed by atoms with van der Waals surface area (Å²) in [5.41, 5.74) is 0. The van der Waals surface area contributed by atoms with E-state index in [1.807, 2.05) is 6.92 Å². The Morgan fingerprint density at radius 3 is 2.67 bits per heavy atom. The van der Waals surface area contributed by atoms with Crippen molar-refractivity contribution in [2.45, 2.75) is 24.0 Å². The first-order valence-electron chi connectivity index (χ1n) is 7.88. The Hall–Kier alpha value is -0.480. The molecule has 1 saturated heterocycles. The number of hydrogen-bond acceptors (Lipinski definition) is 5. The van der Waals surface area contributed by atoms with E-state index < -0.39 is 10.0 Å². The van der Waals surface area contributed by atoms with Gasteiger partial charge in [-0.05, 0) is 46.8 Å². The van der Waals surface area contributed by atoms with Crippen LogP contribution < -0.4 is 5.32 Å². The van der Waals surface area contributed by atoms with E-state index >= 15 is 0 Å². The molecule has 2 heterocycles. The molecule has 1 fully saturated rings. The smallest absolute Gasteiger partial charge is 0.252 e. The average molecular weight is 439 g/mol. The van der Waals surface area contributed by atoms with E-state index in [0.717, 1.165) is 3.79 Å². The topological polar surface area (TPSA) is 75.7 Å². The number of amides is 1. The third-order valence-corrected chi connectivity index (χ3v) is 8.36. The fourth-order valence-corrected chi connectivity index (χ4v) is 6.47. The number of rotatable bonds is 7. The molecule has 0 saturated carbocycles. The van der Waals surface area contributed by atoms with Gasteiger partial charge in [0.1, 0.15) is 4.21 Å². The maximum Gasteiger partial charge on any atom is 0.252 e. The second-order valence-electron chi connectivity index (χ2n) is 5.87. The SMILES string of the molecule is COCCNC(=O)[C@H](C)C1CCN(S(=O)(=O)c2ccc(Br)s2)CC1. The number of halogens is 1. The summed E-state index contributed by atoms with van der Waals surface area (Å²) in [6, 6.07) is 3.37. The van der Waals surface area contributed by atoms with E-state index in [2.05, 4.69) is 21.2 Å². The lowest BCUT2D eigenvalue weighted by Gasteiger charge is -2.33. The van der Waals surface area contributed by atoms with E-state index in [1.54, 1.807) is 19.2 Å². The minimum atomic E-state index is -3.42. The third-order valence-electron chi connectivity index (χ3n) is 4.37. The average Bonchev–Trinajstić information content (AvgIpc) is 3.01. The summed E-state index contributed by atoms with van der Waals surface area (Å²) in [7, 11) is -1.83. The fraction of sp³-hybridized carbons (Fsp3) is 0.667. The molecular formula is C15H23BrN2O4S2. The van der Waals surface area contributed by atoms with Crippen molar-refractivity contribution < 1.29 is 17.9 Å². The quantitative estimate of drug-likeness (QED) is 0.662. The lowest BCUT2D eigenvalue weighted by molar-refractivity contribution is -0.126. The Morgan fingerprint density at radius 2 is 2.12 bits per heavy atom. The summed E-state index contributed by atoms with van der Waals surface area (Å²) in [6.45, 7) is 3.81. The summed E-state index contributed by atoms with van der Waals surface area (Å²) in [6.07, 6.45) is 1.40. The van der Waals surface area contributed by atoms with Crippen molar-refractivity contribution in [2.75, 3.05) is 33.4 Å². The van der Waals surface area contributed by atoms with E-state index in [9.17, 15) is 13.2 Å². The van der Waals surface area contributed by atoms with E-state index in [1.165, 1.54) is 15.6 Å². The Labute approximate surface area is 155 Å². The summed E-state index contributed by atoms with van der Waals surface area (Å²) in [4.78, 5) is 12.1. The summed E-state index contributed by atoms with van der Waals surface area (Å²) < 4.78 is 32.8. The van der Waals surface area contributed by atoms with Gasteiger partial charge in [-0.1, -0.05) is 6.92 Å². The van der Waals surface area contributed by atoms with Crippen molar-refractivity contribution in [3.05, 3.63) is 15.9 Å². The monoisotopic (exact) mass is 438 g/mol. The second kappa shape index (κ2) is 8.75. The number of nitrogens with zero attached hydrogens (tertiary/aromatic N) is 1. The zero-order valence-electron chi connectivity index (χ0n) is 13.8. The van der Waals surface area contributed by atoms with Crippen molar-refractivity contribution in [3.63, 3.8) is 0 Å². The Balaban J connectivity index is 1.90. The Kier molecular flexibility index (Phi) is 7.23. The van der Waals surface area contributed by atoms with Crippen LogP contribution in [0.1, 0.15) is 19.8 Å². The Morgan fingerprint density at radius 1 is 1.46 bits per heavy atom. The van der Waals surface area contributed by atoms with Crippen LogP contribution >= 0.6 is 27.3 Å². The van der Waals surface area contributed by atoms with Crippen LogP contribution in [0.4, 0.5) is 0 Å². The van der Waals surface area contributed by atoms with Crippen molar-refractivity contribution in [1.82, 2.24) is 9.62 Å². The van der Waals surface area contributed by atoms with Crippen LogP contribution in [0.2, 0.25) is 0 Å². The molecule has 1 aliphatic rings. The molecule has 1 atom stereocenters. The molecule has 0 radical (unpaired) electrons. The standard InChI is InChI=1S/C15H23BrN2O4S2/c1-11(15(19)17-7-10-22-2)12-5-8-18(9-6-12)24(20,21)14-4-3-13(16)23-14/h3-4,11-12H,5-10H2,1-2H3,(H,17,19)/t11-/m1/s1. The van der Waals surface area contributed by atoms with Crippen LogP contribution in [0.25, 0.3) is 0 Å². The molecule has 1 N–H and O–H groups in total. The Bertz CT molecular complexity index is 654. The molecule has 136 valence electrons. The number of piperidine rings is 1. The van der Waals surface area contributed by atoms with Gasteiger partial charge in [0.2, 0.25) is 5.91 Å². The van der Waals surface area contributed by atoms with Crippen LogP contribution in [0.5, 0.6) is 0 Å². The van der Waals surface area contributed by atoms with Crippen LogP contribution in [0, 0.1) is 11.8 Å². The number of nitrogens with one attached hydrogen (secondary N) is 1. The van der Waals surface area contributed by atoms with E-state index in [-0.39, 0.29) is 17.7 Å². The molecule has 0 aliphatic carbocycles. The predicted molar refractivity (Wildman–Crippen MR) is 97.6 cm³/mol. The maximum atomic E-state index is 12.6. The van der Waals surface area contributed by atoms with Gasteiger partial charge in [-0.15, -0.1) is 11.3 Å². The molecule has 24 heavy (non-hydrogen) atoms. The summed E-state index contributed by atoms with van der Waals surface area (Å²) >= 11 is 4.52. The summed E-state index contributed by atoms with van der Waals surface area (Å²) in [5.74, 6) is 0.0900. The molecule has 1 aromatic rings. The van der Waals surface area contributed by atoms with Crippen molar-refractivity contribution in [3.8, 4) is 0 Å². The molecule has 0 bridgehead atoms. The lowest BCUT2D eigenvalue weighted by Crippen LogP contribution is -2.42. The first-order chi connectivity index (χ1) is 11.4. The van der Waals surface area contributed by atoms with Crippen molar-refractivity contribution in [2.24, 2.45) is 11.8 Å². The number of carbonyl (C=O) groups excluding carboxylic acids is 1. The van der Waals surface area contributed by atoms with Crippen LogP contribution in [-0.4, -0.2) is 52.0 Å². The summed E-state index contributed by atoms with van der Waals surface area (Å²) in [5, 5.41) is 2.85. The highest BCUT2D eigenvalue weighted by molar-refractivity contribution is 9.11. The highest BCUT2D eigenvalue weighted by atomic mass is 79.9. The maximum absolute atomic E-state index is 12.6. The number of carbonyl (C=O) groups is 1. The largest absolute Gasteiger partial charge is 0.383 e. The van der Waals surface area contributed by atoms with Crippen molar-refractivity contribution in [1.29, 1.82) is 0 Å². The number of methoxy groups -OCH3 is 1. The van der Waals surface area contributed by atoms with Gasteiger partial charge in [-0.2, -0.15) is 4.31 Å². The van der Waals surface area contributed by atoms with Gasteiger partial charge in [0, 0.05) is 32.7 Å². The van der Waals surface area contributed by atoms with E-state index in [4.69, 9.17) is 4.74 Å². The predicted octanol–water partition coefficient (Wildman–Crippen LogP) is 2.31. The number of sulfonamides is 1. The highest BCUT2D eigenvalue weighted by Crippen LogP contribution is 2.32. The molecule has 0 spiro atoms. The van der Waals surface area contributed by atoms with Crippen LogP contribution in [0.3, 0.4) is 0 Å². The third kappa shape index (κ3) is 4.78. The minimum Gasteiger partial charge on any atom is -0.383 e. The van der Waals surface area contributed by atoms with E-state index in [0.29, 0.717) is 43.3 Å². The first kappa shape index (κ1) is 19.8. The highest BCUT2D eigenvalue weighted by Gasteiger charge is 2.33. The zero-order valence-corrected chi connectivity index (χ0v) is 17.0. The normalized spacial score (nSPS) is 18.5. The molecule has 1 amide bonds. The molecule has 9 heteroatoms. The molecule has 2 rings (SSSR count). The lowest BCUT2D eigenvalue weighted by atomic mass is 9.85. The molecule has 6 nitrogen and oxygen atoms in total. The zero-order chi connectivity index (χ0) is 17.7. The van der Waals surface area contributed by atoms with Gasteiger partial charge in [0.25, 0.3) is 10.0 Å². The molecule has 0 aromatic carbocycles. The van der Waals surface area contributed by atoms with Gasteiger partial charge in [-0.25, -0.2) is 8.42 Å². The fourth-order valence-electron chi connectivity index (χ4n) is 2.83. The van der Waals surface area contributed by atoms with Crippen LogP contribution in [-0.2, 0) is 19.6 Å². The molecule has 1 aromatic heterocycles. The molecular weight excluding hydrogens is 416 g/mol.